The molecule has 2 N–H and O–H groups in total. The van der Waals surface area contributed by atoms with Crippen LogP contribution >= 0.6 is 0 Å². The molecule has 2 aliphatic rings. The largest absolute Gasteiger partial charge is 0.313 e. The van der Waals surface area contributed by atoms with Gasteiger partial charge in [0.15, 0.2) is 0 Å². The molecule has 0 aromatic heterocycles. The number of rotatable bonds is 8. The second-order valence-electron chi connectivity index (χ2n) is 5.16. The molecule has 0 spiro atoms. The van der Waals surface area contributed by atoms with Crippen LogP contribution in [-0.2, 0) is 10.0 Å². The van der Waals surface area contributed by atoms with Crippen molar-refractivity contribution >= 4 is 10.0 Å². The van der Waals surface area contributed by atoms with E-state index < -0.39 is 10.0 Å². The SMILES string of the molecule is CC(CNC1CC1)S(=O)(=O)NCCC1CC1. The van der Waals surface area contributed by atoms with Crippen molar-refractivity contribution in [1.82, 2.24) is 10.0 Å². The Bertz CT molecular complexity index is 321. The van der Waals surface area contributed by atoms with E-state index in [0.29, 0.717) is 19.1 Å². The van der Waals surface area contributed by atoms with Gasteiger partial charge in [0, 0.05) is 19.1 Å². The van der Waals surface area contributed by atoms with E-state index in [1.54, 1.807) is 6.92 Å². The molecule has 0 amide bonds. The third kappa shape index (κ3) is 4.03. The van der Waals surface area contributed by atoms with Crippen LogP contribution in [-0.4, -0.2) is 32.8 Å². The lowest BCUT2D eigenvalue weighted by Gasteiger charge is -2.14. The molecule has 1 atom stereocenters. The third-order valence-electron chi connectivity index (χ3n) is 3.35. The van der Waals surface area contributed by atoms with E-state index in [2.05, 4.69) is 10.0 Å². The standard InChI is InChI=1S/C11H22N2O2S/c1-9(8-12-11-4-5-11)16(14,15)13-7-6-10-2-3-10/h9-13H,2-8H2,1H3. The van der Waals surface area contributed by atoms with E-state index in [0.717, 1.165) is 12.3 Å². The van der Waals surface area contributed by atoms with Crippen LogP contribution in [0.4, 0.5) is 0 Å². The minimum absolute atomic E-state index is 0.327. The van der Waals surface area contributed by atoms with Gasteiger partial charge in [-0.25, -0.2) is 13.1 Å². The smallest absolute Gasteiger partial charge is 0.215 e. The molecule has 0 bridgehead atoms. The topological polar surface area (TPSA) is 58.2 Å². The average molecular weight is 246 g/mol. The van der Waals surface area contributed by atoms with Crippen molar-refractivity contribution in [1.29, 1.82) is 0 Å². The van der Waals surface area contributed by atoms with Crippen LogP contribution in [0.15, 0.2) is 0 Å². The van der Waals surface area contributed by atoms with Gasteiger partial charge < -0.3 is 5.32 Å². The van der Waals surface area contributed by atoms with E-state index in [9.17, 15) is 8.42 Å². The average Bonchev–Trinajstić information content (AvgIpc) is 3.07. The molecule has 5 heteroatoms. The Hall–Kier alpha value is -0.130. The zero-order chi connectivity index (χ0) is 11.6. The van der Waals surface area contributed by atoms with E-state index in [1.807, 2.05) is 0 Å². The number of nitrogens with one attached hydrogen (secondary N) is 2. The first-order valence-corrected chi connectivity index (χ1v) is 7.84. The first-order chi connectivity index (χ1) is 7.58. The second kappa shape index (κ2) is 5.02. The van der Waals surface area contributed by atoms with Crippen LogP contribution in [0.25, 0.3) is 0 Å². The minimum atomic E-state index is -3.11. The van der Waals surface area contributed by atoms with Gasteiger partial charge in [0.05, 0.1) is 5.25 Å². The number of hydrogen-bond donors (Lipinski definition) is 2. The van der Waals surface area contributed by atoms with Gasteiger partial charge in [-0.1, -0.05) is 12.8 Å². The predicted molar refractivity (Wildman–Crippen MR) is 64.8 cm³/mol. The predicted octanol–water partition coefficient (Wildman–Crippen LogP) is 0.846. The summed E-state index contributed by atoms with van der Waals surface area (Å²) in [5.41, 5.74) is 0. The van der Waals surface area contributed by atoms with Crippen LogP contribution in [0.1, 0.15) is 39.0 Å². The molecule has 2 fully saturated rings. The molecule has 16 heavy (non-hydrogen) atoms. The zero-order valence-electron chi connectivity index (χ0n) is 9.91. The molecule has 94 valence electrons. The molecular weight excluding hydrogens is 224 g/mol. The fraction of sp³-hybridized carbons (Fsp3) is 1.00. The Kier molecular flexibility index (Phi) is 3.87. The first kappa shape index (κ1) is 12.3. The van der Waals surface area contributed by atoms with Crippen LogP contribution in [0.2, 0.25) is 0 Å². The van der Waals surface area contributed by atoms with Crippen LogP contribution in [0.3, 0.4) is 0 Å². The monoisotopic (exact) mass is 246 g/mol. The molecule has 2 saturated carbocycles. The third-order valence-corrected chi connectivity index (χ3v) is 5.19. The van der Waals surface area contributed by atoms with Crippen molar-refractivity contribution in [2.45, 2.75) is 50.3 Å². The van der Waals surface area contributed by atoms with Gasteiger partial charge in [-0.15, -0.1) is 0 Å². The van der Waals surface area contributed by atoms with Gasteiger partial charge in [0.1, 0.15) is 0 Å². The summed E-state index contributed by atoms with van der Waals surface area (Å²) < 4.78 is 26.3. The van der Waals surface area contributed by atoms with E-state index >= 15 is 0 Å². The fourth-order valence-electron chi connectivity index (χ4n) is 1.68. The second-order valence-corrected chi connectivity index (χ2v) is 7.35. The molecule has 1 unspecified atom stereocenters. The van der Waals surface area contributed by atoms with Gasteiger partial charge in [-0.2, -0.15) is 0 Å². The summed E-state index contributed by atoms with van der Waals surface area (Å²) in [6.07, 6.45) is 5.95. The van der Waals surface area contributed by atoms with Crippen molar-refractivity contribution < 1.29 is 8.42 Å². The Balaban J connectivity index is 1.65. The number of hydrogen-bond acceptors (Lipinski definition) is 3. The van der Waals surface area contributed by atoms with Gasteiger partial charge in [-0.3, -0.25) is 0 Å². The molecule has 4 nitrogen and oxygen atoms in total. The maximum atomic E-state index is 11.8. The maximum absolute atomic E-state index is 11.8. The Morgan fingerprint density at radius 3 is 2.50 bits per heavy atom. The quantitative estimate of drug-likeness (QED) is 0.667. The lowest BCUT2D eigenvalue weighted by Crippen LogP contribution is -2.40. The molecule has 2 aliphatic carbocycles. The normalized spacial score (nSPS) is 23.3. The molecule has 0 radical (unpaired) electrons. The van der Waals surface area contributed by atoms with E-state index in [4.69, 9.17) is 0 Å². The Labute approximate surface area is 98.2 Å². The highest BCUT2D eigenvalue weighted by Crippen LogP contribution is 2.31. The van der Waals surface area contributed by atoms with Crippen molar-refractivity contribution in [2.75, 3.05) is 13.1 Å². The highest BCUT2D eigenvalue weighted by atomic mass is 32.2. The summed E-state index contributed by atoms with van der Waals surface area (Å²) in [7, 11) is -3.11. The molecule has 0 saturated heterocycles. The summed E-state index contributed by atoms with van der Waals surface area (Å²) in [5, 5.41) is 2.93. The minimum Gasteiger partial charge on any atom is -0.313 e. The van der Waals surface area contributed by atoms with Gasteiger partial charge in [0.25, 0.3) is 0 Å². The highest BCUT2D eigenvalue weighted by Gasteiger charge is 2.26. The van der Waals surface area contributed by atoms with Crippen molar-refractivity contribution in [3.8, 4) is 0 Å². The lowest BCUT2D eigenvalue weighted by molar-refractivity contribution is 0.552. The summed E-state index contributed by atoms with van der Waals surface area (Å²) in [6.45, 7) is 2.96. The van der Waals surface area contributed by atoms with Crippen LogP contribution in [0.5, 0.6) is 0 Å². The zero-order valence-corrected chi connectivity index (χ0v) is 10.7. The molecule has 0 aromatic carbocycles. The van der Waals surface area contributed by atoms with Gasteiger partial charge in [-0.05, 0) is 32.1 Å². The number of sulfonamides is 1. The van der Waals surface area contributed by atoms with Crippen molar-refractivity contribution in [3.05, 3.63) is 0 Å². The summed E-state index contributed by atoms with van der Waals surface area (Å²) in [4.78, 5) is 0. The summed E-state index contributed by atoms with van der Waals surface area (Å²) in [5.74, 6) is 0.780. The highest BCUT2D eigenvalue weighted by molar-refractivity contribution is 7.90. The molecule has 2 rings (SSSR count). The maximum Gasteiger partial charge on any atom is 0.215 e. The molecule has 0 heterocycles. The Morgan fingerprint density at radius 1 is 1.25 bits per heavy atom. The van der Waals surface area contributed by atoms with Crippen LogP contribution < -0.4 is 10.0 Å². The molecular formula is C11H22N2O2S. The Morgan fingerprint density at radius 2 is 1.94 bits per heavy atom. The first-order valence-electron chi connectivity index (χ1n) is 6.30. The van der Waals surface area contributed by atoms with E-state index in [-0.39, 0.29) is 5.25 Å². The molecule has 0 aliphatic heterocycles. The molecule has 0 aromatic rings. The van der Waals surface area contributed by atoms with E-state index in [1.165, 1.54) is 25.7 Å². The van der Waals surface area contributed by atoms with Crippen LogP contribution in [0, 0.1) is 5.92 Å². The summed E-state index contributed by atoms with van der Waals surface area (Å²) >= 11 is 0. The fourth-order valence-corrected chi connectivity index (χ4v) is 2.69. The van der Waals surface area contributed by atoms with Crippen molar-refractivity contribution in [2.24, 2.45) is 5.92 Å². The lowest BCUT2D eigenvalue weighted by atomic mass is 10.3. The van der Waals surface area contributed by atoms with Crippen molar-refractivity contribution in [3.63, 3.8) is 0 Å². The van der Waals surface area contributed by atoms with Gasteiger partial charge in [0.2, 0.25) is 10.0 Å². The van der Waals surface area contributed by atoms with Gasteiger partial charge >= 0.3 is 0 Å². The summed E-state index contributed by atoms with van der Waals surface area (Å²) in [6, 6.07) is 0.573.